The second-order valence-electron chi connectivity index (χ2n) is 6.03. The van der Waals surface area contributed by atoms with Gasteiger partial charge in [0.1, 0.15) is 0 Å². The van der Waals surface area contributed by atoms with Gasteiger partial charge in [-0.25, -0.2) is 0 Å². The third kappa shape index (κ3) is 4.46. The molecule has 2 aromatic rings. The van der Waals surface area contributed by atoms with Gasteiger partial charge in [-0.05, 0) is 74.9 Å². The summed E-state index contributed by atoms with van der Waals surface area (Å²) in [6.45, 7) is 20.3. The molecule has 0 atom stereocenters. The van der Waals surface area contributed by atoms with E-state index in [9.17, 15) is 0 Å². The molecule has 0 N–H and O–H groups in total. The Labute approximate surface area is 136 Å². The highest BCUT2D eigenvalue weighted by Crippen LogP contribution is 2.17. The minimum atomic E-state index is 1.27. The fraction of sp³-hybridized carbons (Fsp3) is 0.273. The third-order valence-electron chi connectivity index (χ3n) is 3.88. The van der Waals surface area contributed by atoms with Crippen LogP contribution in [0.4, 0.5) is 0 Å². The van der Waals surface area contributed by atoms with Crippen molar-refractivity contribution in [2.24, 2.45) is 0 Å². The van der Waals surface area contributed by atoms with E-state index in [-0.39, 0.29) is 0 Å². The molecule has 0 amide bonds. The molecule has 2 rings (SSSR count). The molecule has 0 saturated carbocycles. The normalized spacial score (nSPS) is 9.73. The predicted molar refractivity (Wildman–Crippen MR) is 101 cm³/mol. The predicted octanol–water partition coefficient (Wildman–Crippen LogP) is 6.51. The molecule has 116 valence electrons. The standard InChI is InChI=1S/2C11H14/c2*1-5-11-9(3)6-8(2)7-10(11)4/h2*5-7H,1H2,2-4H3. The van der Waals surface area contributed by atoms with Crippen LogP contribution in [0.15, 0.2) is 37.4 Å². The van der Waals surface area contributed by atoms with Crippen LogP contribution in [0.1, 0.15) is 44.5 Å². The first-order valence-corrected chi connectivity index (χ1v) is 7.70. The molecule has 0 spiro atoms. The van der Waals surface area contributed by atoms with E-state index in [0.29, 0.717) is 0 Å². The molecule has 2 aromatic carbocycles. The van der Waals surface area contributed by atoms with E-state index in [1.54, 1.807) is 0 Å². The summed E-state index contributed by atoms with van der Waals surface area (Å²) in [7, 11) is 0. The summed E-state index contributed by atoms with van der Waals surface area (Å²) in [5.41, 5.74) is 10.5. The Bertz CT molecular complexity index is 580. The lowest BCUT2D eigenvalue weighted by Crippen LogP contribution is -1.87. The van der Waals surface area contributed by atoms with Gasteiger partial charge in [0.05, 0.1) is 0 Å². The maximum atomic E-state index is 3.78. The van der Waals surface area contributed by atoms with E-state index in [1.165, 1.54) is 44.5 Å². The number of hydrogen-bond donors (Lipinski definition) is 0. The smallest absolute Gasteiger partial charge is 0.0204 e. The summed E-state index contributed by atoms with van der Waals surface area (Å²) in [4.78, 5) is 0. The fourth-order valence-corrected chi connectivity index (χ4v) is 3.03. The van der Waals surface area contributed by atoms with E-state index >= 15 is 0 Å². The fourth-order valence-electron chi connectivity index (χ4n) is 3.03. The molecule has 0 saturated heterocycles. The van der Waals surface area contributed by atoms with Crippen LogP contribution in [0.3, 0.4) is 0 Å². The highest BCUT2D eigenvalue weighted by atomic mass is 14.0. The van der Waals surface area contributed by atoms with Crippen LogP contribution < -0.4 is 0 Å². The molecule has 0 fully saturated rings. The van der Waals surface area contributed by atoms with Gasteiger partial charge in [0.15, 0.2) is 0 Å². The van der Waals surface area contributed by atoms with Gasteiger partial charge in [-0.2, -0.15) is 0 Å². The van der Waals surface area contributed by atoms with Gasteiger partial charge in [0, 0.05) is 0 Å². The lowest BCUT2D eigenvalue weighted by atomic mass is 10.0. The van der Waals surface area contributed by atoms with E-state index in [4.69, 9.17) is 0 Å². The summed E-state index contributed by atoms with van der Waals surface area (Å²) in [6, 6.07) is 8.74. The van der Waals surface area contributed by atoms with Crippen molar-refractivity contribution in [1.82, 2.24) is 0 Å². The molecule has 0 bridgehead atoms. The van der Waals surface area contributed by atoms with Gasteiger partial charge in [-0.3, -0.25) is 0 Å². The Kier molecular flexibility index (Phi) is 6.37. The second-order valence-corrected chi connectivity index (χ2v) is 6.03. The molecule has 0 nitrogen and oxygen atoms in total. The Hall–Kier alpha value is -2.08. The average molecular weight is 292 g/mol. The summed E-state index contributed by atoms with van der Waals surface area (Å²) >= 11 is 0. The maximum Gasteiger partial charge on any atom is -0.0204 e. The first-order valence-electron chi connectivity index (χ1n) is 7.70. The summed E-state index contributed by atoms with van der Waals surface area (Å²) < 4.78 is 0. The average Bonchev–Trinajstić information content (AvgIpc) is 2.38. The van der Waals surface area contributed by atoms with Crippen molar-refractivity contribution < 1.29 is 0 Å². The molecule has 0 heteroatoms. The van der Waals surface area contributed by atoms with E-state index < -0.39 is 0 Å². The number of aryl methyl sites for hydroxylation is 6. The van der Waals surface area contributed by atoms with Crippen LogP contribution in [-0.4, -0.2) is 0 Å². The van der Waals surface area contributed by atoms with Crippen LogP contribution in [0.5, 0.6) is 0 Å². The summed E-state index contributed by atoms with van der Waals surface area (Å²) in [6.07, 6.45) is 3.84. The van der Waals surface area contributed by atoms with E-state index in [2.05, 4.69) is 79.0 Å². The Balaban J connectivity index is 0.000000220. The van der Waals surface area contributed by atoms with Gasteiger partial charge in [0.25, 0.3) is 0 Å². The van der Waals surface area contributed by atoms with Crippen molar-refractivity contribution in [3.63, 3.8) is 0 Å². The molecular weight excluding hydrogens is 264 g/mol. The summed E-state index contributed by atoms with van der Waals surface area (Å²) in [5.74, 6) is 0. The quantitative estimate of drug-likeness (QED) is 0.592. The first kappa shape index (κ1) is 18.0. The van der Waals surface area contributed by atoms with Gasteiger partial charge in [-0.1, -0.05) is 60.7 Å². The number of hydrogen-bond acceptors (Lipinski definition) is 0. The number of benzene rings is 2. The third-order valence-corrected chi connectivity index (χ3v) is 3.88. The molecule has 22 heavy (non-hydrogen) atoms. The van der Waals surface area contributed by atoms with Gasteiger partial charge < -0.3 is 0 Å². The van der Waals surface area contributed by atoms with Crippen molar-refractivity contribution in [1.29, 1.82) is 0 Å². The Morgan fingerprint density at radius 1 is 0.545 bits per heavy atom. The second kappa shape index (κ2) is 7.79. The molecule has 0 aliphatic heterocycles. The Morgan fingerprint density at radius 2 is 0.773 bits per heavy atom. The molecule has 0 heterocycles. The highest BCUT2D eigenvalue weighted by molar-refractivity contribution is 5.57. The van der Waals surface area contributed by atoms with Gasteiger partial charge in [-0.15, -0.1) is 0 Å². The van der Waals surface area contributed by atoms with Crippen LogP contribution in [0.2, 0.25) is 0 Å². The van der Waals surface area contributed by atoms with E-state index in [0.717, 1.165) is 0 Å². The lowest BCUT2D eigenvalue weighted by Gasteiger charge is -2.05. The van der Waals surface area contributed by atoms with Gasteiger partial charge in [0.2, 0.25) is 0 Å². The Morgan fingerprint density at radius 3 is 0.955 bits per heavy atom. The van der Waals surface area contributed by atoms with Crippen molar-refractivity contribution in [3.05, 3.63) is 81.9 Å². The first-order chi connectivity index (χ1) is 10.3. The zero-order valence-corrected chi connectivity index (χ0v) is 14.9. The number of rotatable bonds is 2. The SMILES string of the molecule is C=Cc1c(C)cc(C)cc1C.C=Cc1c(C)cc(C)cc1C. The van der Waals surface area contributed by atoms with Crippen LogP contribution in [-0.2, 0) is 0 Å². The van der Waals surface area contributed by atoms with E-state index in [1.807, 2.05) is 12.2 Å². The molecular formula is C22H28. The minimum Gasteiger partial charge on any atom is -0.0985 e. The van der Waals surface area contributed by atoms with Crippen LogP contribution in [0.25, 0.3) is 12.2 Å². The van der Waals surface area contributed by atoms with Crippen LogP contribution in [0, 0.1) is 41.5 Å². The molecule has 0 radical (unpaired) electrons. The lowest BCUT2D eigenvalue weighted by molar-refractivity contribution is 1.30. The van der Waals surface area contributed by atoms with Crippen molar-refractivity contribution >= 4 is 12.2 Å². The van der Waals surface area contributed by atoms with Crippen molar-refractivity contribution in [3.8, 4) is 0 Å². The van der Waals surface area contributed by atoms with Crippen molar-refractivity contribution in [2.45, 2.75) is 41.5 Å². The van der Waals surface area contributed by atoms with Crippen molar-refractivity contribution in [2.75, 3.05) is 0 Å². The van der Waals surface area contributed by atoms with Gasteiger partial charge >= 0.3 is 0 Å². The largest absolute Gasteiger partial charge is 0.0985 e. The molecule has 0 aliphatic rings. The molecule has 0 aliphatic carbocycles. The van der Waals surface area contributed by atoms with Crippen LogP contribution >= 0.6 is 0 Å². The molecule has 0 unspecified atom stereocenters. The zero-order chi connectivity index (χ0) is 16.9. The maximum absolute atomic E-state index is 3.78. The summed E-state index contributed by atoms with van der Waals surface area (Å²) in [5, 5.41) is 0. The molecule has 0 aromatic heterocycles. The monoisotopic (exact) mass is 292 g/mol. The topological polar surface area (TPSA) is 0 Å². The zero-order valence-electron chi connectivity index (χ0n) is 14.9. The minimum absolute atomic E-state index is 1.27. The highest BCUT2D eigenvalue weighted by Gasteiger charge is 1.98.